The summed E-state index contributed by atoms with van der Waals surface area (Å²) in [6.45, 7) is 2.13. The lowest BCUT2D eigenvalue weighted by molar-refractivity contribution is -0.0203. The quantitative estimate of drug-likeness (QED) is 0.455. The molecule has 2 aromatic heterocycles. The summed E-state index contributed by atoms with van der Waals surface area (Å²) in [7, 11) is -2.84. The largest absolute Gasteiger partial charge is 0.363 e. The van der Waals surface area contributed by atoms with Gasteiger partial charge in [0.15, 0.2) is 0 Å². The fraction of sp³-hybridized carbons (Fsp3) is 0.350. The highest BCUT2D eigenvalue weighted by atomic mass is 79.9. The van der Waals surface area contributed by atoms with E-state index in [1.807, 2.05) is 0 Å². The molecule has 0 saturated carbocycles. The van der Waals surface area contributed by atoms with Crippen molar-refractivity contribution in [1.29, 1.82) is 0 Å². The normalized spacial score (nSPS) is 13.5. The lowest BCUT2D eigenvalue weighted by Gasteiger charge is -2.25. The first kappa shape index (κ1) is 24.3. The molecule has 7 nitrogen and oxygen atoms in total. The Labute approximate surface area is 192 Å². The van der Waals surface area contributed by atoms with Crippen molar-refractivity contribution in [2.75, 3.05) is 25.2 Å². The van der Waals surface area contributed by atoms with Gasteiger partial charge in [0.05, 0.1) is 36.1 Å². The molecule has 3 aromatic rings. The van der Waals surface area contributed by atoms with Crippen LogP contribution in [0.3, 0.4) is 0 Å². The summed E-state index contributed by atoms with van der Waals surface area (Å²) in [4.78, 5) is 12.8. The maximum absolute atomic E-state index is 15.2. The highest BCUT2D eigenvalue weighted by molar-refractivity contribution is 9.10. The number of hydrogen-bond donors (Lipinski definition) is 1. The summed E-state index contributed by atoms with van der Waals surface area (Å²) in [5.74, 6) is -3.98. The van der Waals surface area contributed by atoms with Crippen LogP contribution >= 0.6 is 15.9 Å². The van der Waals surface area contributed by atoms with Crippen molar-refractivity contribution < 1.29 is 21.6 Å². The first-order valence-electron chi connectivity index (χ1n) is 9.44. The van der Waals surface area contributed by atoms with Gasteiger partial charge in [-0.2, -0.15) is 13.1 Å². The number of nitrogens with zero attached hydrogens (tertiary/aromatic N) is 4. The predicted molar refractivity (Wildman–Crippen MR) is 120 cm³/mol. The second-order valence-electron chi connectivity index (χ2n) is 7.44. The number of halogens is 4. The van der Waals surface area contributed by atoms with Gasteiger partial charge >= 0.3 is 0 Å². The molecular weight excluding hydrogens is 511 g/mol. The van der Waals surface area contributed by atoms with Crippen molar-refractivity contribution in [3.63, 3.8) is 0 Å². The smallest absolute Gasteiger partial charge is 0.289 e. The topological polar surface area (TPSA) is 88.1 Å². The van der Waals surface area contributed by atoms with Crippen LogP contribution in [0.2, 0.25) is 0 Å². The van der Waals surface area contributed by atoms with Crippen molar-refractivity contribution in [2.45, 2.75) is 25.8 Å². The van der Waals surface area contributed by atoms with E-state index in [2.05, 4.69) is 36.2 Å². The van der Waals surface area contributed by atoms with Crippen LogP contribution in [0.15, 0.2) is 35.1 Å². The zero-order valence-electron chi connectivity index (χ0n) is 17.7. The van der Waals surface area contributed by atoms with Gasteiger partial charge in [0, 0.05) is 18.0 Å². The Morgan fingerprint density at radius 3 is 2.62 bits per heavy atom. The molecule has 3 rings (SSSR count). The Kier molecular flexibility index (Phi) is 6.78. The fourth-order valence-corrected chi connectivity index (χ4v) is 3.89. The molecule has 0 aliphatic heterocycles. The third kappa shape index (κ3) is 5.18. The number of sulfonamides is 1. The van der Waals surface area contributed by atoms with E-state index in [1.54, 1.807) is 26.1 Å². The third-order valence-electron chi connectivity index (χ3n) is 4.89. The number of likely N-dealkylation sites (N-methyl/N-ethyl adjacent to an activating group) is 1. The number of benzene rings is 1. The SMILES string of the molecule is Cc1nc(N[C@H](C)c2cccc(C(F)(F)CN(C)S(C)(=O)=O)c2F)c2cc(Br)ncc2n1. The maximum atomic E-state index is 15.2. The standard InChI is InChI=1S/C20H21BrF3N5O2S/c1-11(26-19-14-8-17(21)25-9-16(14)27-12(2)28-19)13-6-5-7-15(18(13)22)20(23,24)10-29(3)32(4,30)31/h5-9,11H,10H2,1-4H3,(H,26,27,28)/t11-/m1/s1. The zero-order valence-corrected chi connectivity index (χ0v) is 20.1. The van der Waals surface area contributed by atoms with Crippen molar-refractivity contribution in [2.24, 2.45) is 0 Å². The van der Waals surface area contributed by atoms with E-state index in [-0.39, 0.29) is 5.56 Å². The van der Waals surface area contributed by atoms with Crippen LogP contribution in [0.5, 0.6) is 0 Å². The van der Waals surface area contributed by atoms with Crippen molar-refractivity contribution in [1.82, 2.24) is 19.3 Å². The number of alkyl halides is 2. The Balaban J connectivity index is 1.97. The van der Waals surface area contributed by atoms with Crippen molar-refractivity contribution >= 4 is 42.7 Å². The number of rotatable bonds is 7. The zero-order chi connectivity index (χ0) is 23.8. The molecule has 0 radical (unpaired) electrons. The van der Waals surface area contributed by atoms with Gasteiger partial charge in [-0.1, -0.05) is 18.2 Å². The van der Waals surface area contributed by atoms with Crippen LogP contribution in [-0.4, -0.2) is 47.5 Å². The van der Waals surface area contributed by atoms with Crippen LogP contribution < -0.4 is 5.32 Å². The minimum Gasteiger partial charge on any atom is -0.363 e. The summed E-state index contributed by atoms with van der Waals surface area (Å²) >= 11 is 3.29. The summed E-state index contributed by atoms with van der Waals surface area (Å²) in [5, 5.41) is 3.69. The summed E-state index contributed by atoms with van der Waals surface area (Å²) < 4.78 is 68.8. The molecule has 172 valence electrons. The molecule has 0 amide bonds. The molecular formula is C20H21BrF3N5O2S. The Bertz CT molecular complexity index is 1270. The maximum Gasteiger partial charge on any atom is 0.289 e. The van der Waals surface area contributed by atoms with Gasteiger partial charge in [0.2, 0.25) is 10.0 Å². The number of fused-ring (bicyclic) bond motifs is 1. The van der Waals surface area contributed by atoms with Crippen LogP contribution in [0, 0.1) is 12.7 Å². The molecule has 1 aromatic carbocycles. The highest BCUT2D eigenvalue weighted by Crippen LogP contribution is 2.35. The van der Waals surface area contributed by atoms with Gasteiger partial charge in [0.25, 0.3) is 5.92 Å². The van der Waals surface area contributed by atoms with E-state index in [0.29, 0.717) is 31.5 Å². The first-order valence-corrected chi connectivity index (χ1v) is 12.1. The molecule has 32 heavy (non-hydrogen) atoms. The van der Waals surface area contributed by atoms with Gasteiger partial charge in [-0.25, -0.2) is 27.8 Å². The fourth-order valence-electron chi connectivity index (χ4n) is 3.16. The Morgan fingerprint density at radius 1 is 1.28 bits per heavy atom. The van der Waals surface area contributed by atoms with Gasteiger partial charge in [-0.15, -0.1) is 0 Å². The molecule has 0 aliphatic carbocycles. The number of hydrogen-bond acceptors (Lipinski definition) is 6. The highest BCUT2D eigenvalue weighted by Gasteiger charge is 2.39. The van der Waals surface area contributed by atoms with E-state index in [9.17, 15) is 17.2 Å². The van der Waals surface area contributed by atoms with Gasteiger partial charge in [-0.3, -0.25) is 0 Å². The minimum atomic E-state index is -3.86. The molecule has 0 fully saturated rings. The van der Waals surface area contributed by atoms with Gasteiger partial charge in [0.1, 0.15) is 22.1 Å². The average Bonchev–Trinajstić information content (AvgIpc) is 2.67. The predicted octanol–water partition coefficient (Wildman–Crippen LogP) is 4.39. The van der Waals surface area contributed by atoms with E-state index in [1.165, 1.54) is 12.1 Å². The van der Waals surface area contributed by atoms with Gasteiger partial charge < -0.3 is 5.32 Å². The molecule has 0 unspecified atom stereocenters. The van der Waals surface area contributed by atoms with Crippen molar-refractivity contribution in [3.8, 4) is 0 Å². The van der Waals surface area contributed by atoms with Crippen LogP contribution in [0.4, 0.5) is 19.0 Å². The van der Waals surface area contributed by atoms with E-state index in [4.69, 9.17) is 0 Å². The number of anilines is 1. The Hall–Kier alpha value is -2.31. The third-order valence-corrected chi connectivity index (χ3v) is 6.59. The monoisotopic (exact) mass is 531 g/mol. The second kappa shape index (κ2) is 8.91. The van der Waals surface area contributed by atoms with E-state index in [0.717, 1.165) is 19.4 Å². The van der Waals surface area contributed by atoms with E-state index >= 15 is 4.39 Å². The lowest BCUT2D eigenvalue weighted by Crippen LogP contribution is -2.36. The Morgan fingerprint density at radius 2 is 1.97 bits per heavy atom. The van der Waals surface area contributed by atoms with E-state index < -0.39 is 39.9 Å². The second-order valence-corrected chi connectivity index (χ2v) is 10.3. The lowest BCUT2D eigenvalue weighted by atomic mass is 10.00. The summed E-state index contributed by atoms with van der Waals surface area (Å²) in [6.07, 6.45) is 2.37. The molecule has 0 saturated heterocycles. The summed E-state index contributed by atoms with van der Waals surface area (Å²) in [5.41, 5.74) is -0.323. The number of pyridine rings is 1. The van der Waals surface area contributed by atoms with Crippen molar-refractivity contribution in [3.05, 3.63) is 57.8 Å². The first-order chi connectivity index (χ1) is 14.8. The molecule has 1 N–H and O–H groups in total. The van der Waals surface area contributed by atoms with Crippen LogP contribution in [0.25, 0.3) is 10.9 Å². The average molecular weight is 532 g/mol. The van der Waals surface area contributed by atoms with Gasteiger partial charge in [-0.05, 0) is 35.8 Å². The molecule has 1 atom stereocenters. The number of nitrogens with one attached hydrogen (secondary N) is 1. The minimum absolute atomic E-state index is 0.0123. The molecule has 0 aliphatic rings. The molecule has 2 heterocycles. The number of aryl methyl sites for hydroxylation is 1. The number of aromatic nitrogens is 3. The summed E-state index contributed by atoms with van der Waals surface area (Å²) in [6, 6.07) is 4.62. The van der Waals surface area contributed by atoms with Crippen LogP contribution in [-0.2, 0) is 15.9 Å². The molecule has 0 bridgehead atoms. The van der Waals surface area contributed by atoms with Crippen LogP contribution in [0.1, 0.15) is 29.9 Å². The molecule has 0 spiro atoms. The molecule has 12 heteroatoms.